The van der Waals surface area contributed by atoms with Crippen molar-refractivity contribution in [3.05, 3.63) is 54.2 Å². The van der Waals surface area contributed by atoms with Crippen molar-refractivity contribution in [1.82, 2.24) is 15.2 Å². The monoisotopic (exact) mass is 351 g/mol. The van der Waals surface area contributed by atoms with Gasteiger partial charge in [-0.25, -0.2) is 0 Å². The van der Waals surface area contributed by atoms with E-state index in [2.05, 4.69) is 20.5 Å². The van der Waals surface area contributed by atoms with Crippen LogP contribution in [0.2, 0.25) is 0 Å². The number of amides is 1. The van der Waals surface area contributed by atoms with Gasteiger partial charge in [-0.2, -0.15) is 5.26 Å². The van der Waals surface area contributed by atoms with Gasteiger partial charge in [0, 0.05) is 6.20 Å². The number of aromatic nitrogens is 3. The number of nitrogens with zero attached hydrogens (tertiary/aromatic N) is 4. The molecule has 0 bridgehead atoms. The van der Waals surface area contributed by atoms with Gasteiger partial charge in [0.05, 0.1) is 11.6 Å². The van der Waals surface area contributed by atoms with E-state index in [1.165, 1.54) is 11.3 Å². The van der Waals surface area contributed by atoms with Crippen LogP contribution in [-0.2, 0) is 4.79 Å². The van der Waals surface area contributed by atoms with Gasteiger partial charge in [0.2, 0.25) is 5.13 Å². The van der Waals surface area contributed by atoms with Gasteiger partial charge in [0.15, 0.2) is 11.1 Å². The third-order valence-corrected chi connectivity index (χ3v) is 4.05. The van der Waals surface area contributed by atoms with Crippen molar-refractivity contribution in [2.45, 2.75) is 13.0 Å². The van der Waals surface area contributed by atoms with Crippen LogP contribution in [0.5, 0.6) is 5.75 Å². The number of carbonyl (C=O) groups is 1. The molecule has 0 spiro atoms. The minimum Gasteiger partial charge on any atom is -0.481 e. The highest BCUT2D eigenvalue weighted by molar-refractivity contribution is 7.18. The maximum absolute atomic E-state index is 12.2. The smallest absolute Gasteiger partial charge is 0.266 e. The summed E-state index contributed by atoms with van der Waals surface area (Å²) in [5, 5.41) is 20.5. The quantitative estimate of drug-likeness (QED) is 0.758. The summed E-state index contributed by atoms with van der Waals surface area (Å²) in [6, 6.07) is 14.1. The molecule has 8 heteroatoms. The second-order valence-corrected chi connectivity index (χ2v) is 5.99. The van der Waals surface area contributed by atoms with Gasteiger partial charge in [-0.3, -0.25) is 15.1 Å². The Morgan fingerprint density at radius 1 is 1.28 bits per heavy atom. The molecule has 1 aromatic carbocycles. The number of hydrogen-bond donors (Lipinski definition) is 1. The maximum Gasteiger partial charge on any atom is 0.266 e. The molecule has 1 unspecified atom stereocenters. The molecule has 0 aliphatic carbocycles. The number of anilines is 1. The lowest BCUT2D eigenvalue weighted by Gasteiger charge is -2.13. The fraction of sp³-hybridized carbons (Fsp3) is 0.118. The average Bonchev–Trinajstić information content (AvgIpc) is 3.11. The van der Waals surface area contributed by atoms with E-state index in [1.807, 2.05) is 24.3 Å². The molecule has 2 heterocycles. The van der Waals surface area contributed by atoms with Crippen LogP contribution in [0, 0.1) is 11.3 Å². The second kappa shape index (κ2) is 7.51. The Hall–Kier alpha value is -3.31. The Kier molecular flexibility index (Phi) is 4.97. The van der Waals surface area contributed by atoms with Crippen molar-refractivity contribution < 1.29 is 9.53 Å². The van der Waals surface area contributed by atoms with Crippen LogP contribution in [0.3, 0.4) is 0 Å². The molecule has 0 aliphatic rings. The number of ether oxygens (including phenoxy) is 1. The first-order valence-electron chi connectivity index (χ1n) is 7.38. The van der Waals surface area contributed by atoms with Crippen molar-refractivity contribution in [2.24, 2.45) is 0 Å². The summed E-state index contributed by atoms with van der Waals surface area (Å²) in [5.74, 6) is 0.0965. The molecule has 7 nitrogen and oxygen atoms in total. The fourth-order valence-electron chi connectivity index (χ4n) is 1.97. The highest BCUT2D eigenvalue weighted by Gasteiger charge is 2.17. The third kappa shape index (κ3) is 4.16. The third-order valence-electron chi connectivity index (χ3n) is 3.18. The SMILES string of the molecule is CC(Oc1cccc(C#N)c1)C(=O)Nc1nnc(-c2ccccn2)s1. The molecule has 2 aromatic heterocycles. The van der Waals surface area contributed by atoms with E-state index >= 15 is 0 Å². The fourth-order valence-corrected chi connectivity index (χ4v) is 2.69. The van der Waals surface area contributed by atoms with Gasteiger partial charge in [0.1, 0.15) is 11.4 Å². The molecule has 25 heavy (non-hydrogen) atoms. The second-order valence-electron chi connectivity index (χ2n) is 5.02. The number of carbonyl (C=O) groups excluding carboxylic acids is 1. The van der Waals surface area contributed by atoms with Gasteiger partial charge >= 0.3 is 0 Å². The van der Waals surface area contributed by atoms with Crippen molar-refractivity contribution >= 4 is 22.4 Å². The molecule has 0 saturated carbocycles. The number of benzene rings is 1. The molecule has 124 valence electrons. The van der Waals surface area contributed by atoms with Crippen LogP contribution in [0.25, 0.3) is 10.7 Å². The van der Waals surface area contributed by atoms with Gasteiger partial charge in [-0.05, 0) is 37.3 Å². The van der Waals surface area contributed by atoms with Crippen LogP contribution in [-0.4, -0.2) is 27.2 Å². The zero-order chi connectivity index (χ0) is 17.6. The lowest BCUT2D eigenvalue weighted by atomic mass is 10.2. The minimum absolute atomic E-state index is 0.355. The van der Waals surface area contributed by atoms with E-state index in [0.717, 1.165) is 0 Å². The Morgan fingerprint density at radius 2 is 2.16 bits per heavy atom. The summed E-state index contributed by atoms with van der Waals surface area (Å²) in [6.07, 6.45) is 0.913. The van der Waals surface area contributed by atoms with E-state index < -0.39 is 6.10 Å². The lowest BCUT2D eigenvalue weighted by molar-refractivity contribution is -0.122. The molecule has 1 N–H and O–H groups in total. The van der Waals surface area contributed by atoms with Crippen LogP contribution >= 0.6 is 11.3 Å². The molecule has 0 fully saturated rings. The summed E-state index contributed by atoms with van der Waals surface area (Å²) in [5.41, 5.74) is 1.16. The molecule has 3 aromatic rings. The minimum atomic E-state index is -0.754. The van der Waals surface area contributed by atoms with E-state index in [-0.39, 0.29) is 5.91 Å². The normalized spacial score (nSPS) is 11.4. The average molecular weight is 351 g/mol. The van der Waals surface area contributed by atoms with Gasteiger partial charge < -0.3 is 4.74 Å². The molecule has 0 radical (unpaired) electrons. The van der Waals surface area contributed by atoms with E-state index in [4.69, 9.17) is 10.00 Å². The molecule has 3 rings (SSSR count). The van der Waals surface area contributed by atoms with Crippen molar-refractivity contribution in [1.29, 1.82) is 5.26 Å². The Balaban J connectivity index is 1.64. The Labute approximate surface area is 147 Å². The van der Waals surface area contributed by atoms with Crippen LogP contribution in [0.4, 0.5) is 5.13 Å². The van der Waals surface area contributed by atoms with Gasteiger partial charge in [-0.15, -0.1) is 10.2 Å². The topological polar surface area (TPSA) is 101 Å². The van der Waals surface area contributed by atoms with Gasteiger partial charge in [-0.1, -0.05) is 23.5 Å². The molecule has 1 amide bonds. The molecule has 0 saturated heterocycles. The maximum atomic E-state index is 12.2. The summed E-state index contributed by atoms with van der Waals surface area (Å²) in [6.45, 7) is 1.62. The van der Waals surface area contributed by atoms with Gasteiger partial charge in [0.25, 0.3) is 5.91 Å². The number of nitrogens with one attached hydrogen (secondary N) is 1. The number of rotatable bonds is 5. The summed E-state index contributed by atoms with van der Waals surface area (Å²) < 4.78 is 5.56. The van der Waals surface area contributed by atoms with Crippen molar-refractivity contribution in [3.63, 3.8) is 0 Å². The first-order chi connectivity index (χ1) is 12.2. The van der Waals surface area contributed by atoms with E-state index in [9.17, 15) is 4.79 Å². The first kappa shape index (κ1) is 16.5. The number of pyridine rings is 1. The van der Waals surface area contributed by atoms with Crippen LogP contribution < -0.4 is 10.1 Å². The standard InChI is InChI=1S/C17H13N5O2S/c1-11(24-13-6-4-5-12(9-13)10-18)15(23)20-17-22-21-16(25-17)14-7-2-3-8-19-14/h2-9,11H,1H3,(H,20,22,23). The zero-order valence-electron chi connectivity index (χ0n) is 13.2. The lowest BCUT2D eigenvalue weighted by Crippen LogP contribution is -2.30. The predicted octanol–water partition coefficient (Wildman–Crippen LogP) is 2.88. The molecular formula is C17H13N5O2S. The van der Waals surface area contributed by atoms with Crippen molar-refractivity contribution in [2.75, 3.05) is 5.32 Å². The van der Waals surface area contributed by atoms with E-state index in [1.54, 1.807) is 37.4 Å². The molecular weight excluding hydrogens is 338 g/mol. The van der Waals surface area contributed by atoms with Crippen LogP contribution in [0.1, 0.15) is 12.5 Å². The molecule has 1 atom stereocenters. The molecule has 0 aliphatic heterocycles. The summed E-state index contributed by atoms with van der Waals surface area (Å²) in [4.78, 5) is 16.4. The number of hydrogen-bond acceptors (Lipinski definition) is 7. The number of nitriles is 1. The highest BCUT2D eigenvalue weighted by atomic mass is 32.1. The van der Waals surface area contributed by atoms with E-state index in [0.29, 0.717) is 27.1 Å². The largest absolute Gasteiger partial charge is 0.481 e. The van der Waals surface area contributed by atoms with Crippen molar-refractivity contribution in [3.8, 4) is 22.5 Å². The van der Waals surface area contributed by atoms with Crippen LogP contribution in [0.15, 0.2) is 48.7 Å². The first-order valence-corrected chi connectivity index (χ1v) is 8.20. The highest BCUT2D eigenvalue weighted by Crippen LogP contribution is 2.24. The Morgan fingerprint density at radius 3 is 2.92 bits per heavy atom. The summed E-state index contributed by atoms with van der Waals surface area (Å²) in [7, 11) is 0. The summed E-state index contributed by atoms with van der Waals surface area (Å²) >= 11 is 1.23. The Bertz CT molecular complexity index is 920. The predicted molar refractivity (Wildman–Crippen MR) is 93.0 cm³/mol. The zero-order valence-corrected chi connectivity index (χ0v) is 14.0.